The fraction of sp³-hybridized carbons (Fsp3) is 0.562. The van der Waals surface area contributed by atoms with Crippen LogP contribution in [0, 0.1) is 0 Å². The average molecular weight is 290 g/mol. The molecule has 0 atom stereocenters. The van der Waals surface area contributed by atoms with Crippen molar-refractivity contribution in [3.05, 3.63) is 30.3 Å². The Labute approximate surface area is 125 Å². The van der Waals surface area contributed by atoms with Gasteiger partial charge in [0.05, 0.1) is 19.8 Å². The molecular formula is C16H22N2O3. The SMILES string of the molecule is CN(CC(=O)N1CCC2(CC1)OCCO2)c1ccccc1. The number of ether oxygens (including phenoxy) is 2. The highest BCUT2D eigenvalue weighted by atomic mass is 16.7. The van der Waals surface area contributed by atoms with Gasteiger partial charge in [0.1, 0.15) is 0 Å². The molecule has 1 spiro atoms. The van der Waals surface area contributed by atoms with Gasteiger partial charge < -0.3 is 19.3 Å². The van der Waals surface area contributed by atoms with Crippen LogP contribution in [0.15, 0.2) is 30.3 Å². The second-order valence-corrected chi connectivity index (χ2v) is 5.68. The third-order valence-corrected chi connectivity index (χ3v) is 4.26. The summed E-state index contributed by atoms with van der Waals surface area (Å²) in [5.74, 6) is -0.253. The van der Waals surface area contributed by atoms with Gasteiger partial charge in [0.2, 0.25) is 5.91 Å². The largest absolute Gasteiger partial charge is 0.365 e. The van der Waals surface area contributed by atoms with E-state index < -0.39 is 5.79 Å². The van der Waals surface area contributed by atoms with Crippen LogP contribution in [0.25, 0.3) is 0 Å². The van der Waals surface area contributed by atoms with E-state index in [1.54, 1.807) is 0 Å². The van der Waals surface area contributed by atoms with E-state index in [0.29, 0.717) is 32.8 Å². The number of rotatable bonds is 3. The first-order valence-electron chi connectivity index (χ1n) is 7.50. The van der Waals surface area contributed by atoms with Crippen LogP contribution in [0.1, 0.15) is 12.8 Å². The van der Waals surface area contributed by atoms with Gasteiger partial charge in [0.15, 0.2) is 5.79 Å². The fourth-order valence-electron chi connectivity index (χ4n) is 2.96. The topological polar surface area (TPSA) is 42.0 Å². The standard InChI is InChI=1S/C16H22N2O3/c1-17(14-5-3-2-4-6-14)13-15(19)18-9-7-16(8-10-18)20-11-12-21-16/h2-6H,7-13H2,1H3. The molecule has 2 saturated heterocycles. The van der Waals surface area contributed by atoms with Gasteiger partial charge in [0, 0.05) is 38.7 Å². The molecule has 0 unspecified atom stereocenters. The number of anilines is 1. The van der Waals surface area contributed by atoms with Crippen molar-refractivity contribution in [3.63, 3.8) is 0 Å². The number of likely N-dealkylation sites (tertiary alicyclic amines) is 1. The molecular weight excluding hydrogens is 268 g/mol. The second-order valence-electron chi connectivity index (χ2n) is 5.68. The molecule has 114 valence electrons. The number of hydrogen-bond donors (Lipinski definition) is 0. The summed E-state index contributed by atoms with van der Waals surface area (Å²) in [4.78, 5) is 16.3. The number of nitrogens with zero attached hydrogens (tertiary/aromatic N) is 2. The minimum atomic E-state index is -0.415. The van der Waals surface area contributed by atoms with Crippen LogP contribution in [0.5, 0.6) is 0 Å². The molecule has 0 aliphatic carbocycles. The van der Waals surface area contributed by atoms with Gasteiger partial charge in [-0.1, -0.05) is 18.2 Å². The lowest BCUT2D eigenvalue weighted by Gasteiger charge is -2.38. The number of piperidine rings is 1. The maximum atomic E-state index is 12.4. The predicted molar refractivity (Wildman–Crippen MR) is 80.2 cm³/mol. The molecule has 0 bridgehead atoms. The van der Waals surface area contributed by atoms with Gasteiger partial charge in [-0.25, -0.2) is 0 Å². The summed E-state index contributed by atoms with van der Waals surface area (Å²) in [6.07, 6.45) is 1.54. The maximum Gasteiger partial charge on any atom is 0.242 e. The van der Waals surface area contributed by atoms with E-state index >= 15 is 0 Å². The molecule has 0 saturated carbocycles. The number of hydrogen-bond acceptors (Lipinski definition) is 4. The molecule has 3 rings (SSSR count). The summed E-state index contributed by atoms with van der Waals surface area (Å²) >= 11 is 0. The van der Waals surface area contributed by atoms with Crippen molar-refractivity contribution in [2.75, 3.05) is 44.8 Å². The van der Waals surface area contributed by atoms with Crippen molar-refractivity contribution < 1.29 is 14.3 Å². The van der Waals surface area contributed by atoms with Crippen LogP contribution < -0.4 is 4.90 Å². The lowest BCUT2D eigenvalue weighted by atomic mass is 10.0. The molecule has 1 amide bonds. The second kappa shape index (κ2) is 6.03. The molecule has 0 aromatic heterocycles. The Hall–Kier alpha value is -1.59. The van der Waals surface area contributed by atoms with Crippen molar-refractivity contribution in [2.45, 2.75) is 18.6 Å². The van der Waals surface area contributed by atoms with Crippen LogP contribution in [0.2, 0.25) is 0 Å². The van der Waals surface area contributed by atoms with E-state index in [4.69, 9.17) is 9.47 Å². The van der Waals surface area contributed by atoms with Gasteiger partial charge in [-0.15, -0.1) is 0 Å². The van der Waals surface area contributed by atoms with Gasteiger partial charge in [-0.2, -0.15) is 0 Å². The van der Waals surface area contributed by atoms with Gasteiger partial charge in [-0.3, -0.25) is 4.79 Å². The van der Waals surface area contributed by atoms with E-state index in [9.17, 15) is 4.79 Å². The minimum Gasteiger partial charge on any atom is -0.365 e. The Kier molecular flexibility index (Phi) is 4.12. The van der Waals surface area contributed by atoms with Crippen molar-refractivity contribution in [3.8, 4) is 0 Å². The number of carbonyl (C=O) groups is 1. The Morgan fingerprint density at radius 3 is 2.43 bits per heavy atom. The first kappa shape index (κ1) is 14.4. The van der Waals surface area contributed by atoms with Crippen molar-refractivity contribution in [1.82, 2.24) is 4.90 Å². The Bertz CT molecular complexity index is 476. The molecule has 2 heterocycles. The number of carbonyl (C=O) groups excluding carboxylic acids is 1. The van der Waals surface area contributed by atoms with Crippen molar-refractivity contribution in [2.24, 2.45) is 0 Å². The highest BCUT2D eigenvalue weighted by molar-refractivity contribution is 5.81. The van der Waals surface area contributed by atoms with Crippen LogP contribution in [0.3, 0.4) is 0 Å². The molecule has 5 heteroatoms. The fourth-order valence-corrected chi connectivity index (χ4v) is 2.96. The zero-order valence-corrected chi connectivity index (χ0v) is 12.5. The molecule has 5 nitrogen and oxygen atoms in total. The highest BCUT2D eigenvalue weighted by Gasteiger charge is 2.40. The predicted octanol–water partition coefficient (Wildman–Crippen LogP) is 1.49. The Morgan fingerprint density at radius 1 is 1.19 bits per heavy atom. The molecule has 1 aromatic rings. The van der Waals surface area contributed by atoms with E-state index in [1.165, 1.54) is 0 Å². The lowest BCUT2D eigenvalue weighted by molar-refractivity contribution is -0.187. The lowest BCUT2D eigenvalue weighted by Crippen LogP contribution is -2.49. The number of para-hydroxylation sites is 1. The number of amides is 1. The first-order chi connectivity index (χ1) is 10.2. The molecule has 2 aliphatic rings. The third kappa shape index (κ3) is 3.19. The molecule has 2 fully saturated rings. The van der Waals surface area contributed by atoms with E-state index in [0.717, 1.165) is 18.5 Å². The van der Waals surface area contributed by atoms with Crippen LogP contribution in [-0.4, -0.2) is 56.5 Å². The molecule has 2 aliphatic heterocycles. The van der Waals surface area contributed by atoms with E-state index in [1.807, 2.05) is 47.2 Å². The third-order valence-electron chi connectivity index (χ3n) is 4.26. The minimum absolute atomic E-state index is 0.161. The smallest absolute Gasteiger partial charge is 0.242 e. The highest BCUT2D eigenvalue weighted by Crippen LogP contribution is 2.31. The van der Waals surface area contributed by atoms with Crippen LogP contribution in [0.4, 0.5) is 5.69 Å². The molecule has 0 radical (unpaired) electrons. The summed E-state index contributed by atoms with van der Waals surface area (Å²) in [6.45, 7) is 3.16. The quantitative estimate of drug-likeness (QED) is 0.846. The summed E-state index contributed by atoms with van der Waals surface area (Å²) in [5.41, 5.74) is 1.06. The number of benzene rings is 1. The van der Waals surface area contributed by atoms with E-state index in [2.05, 4.69) is 0 Å². The normalized spacial score (nSPS) is 20.7. The molecule has 21 heavy (non-hydrogen) atoms. The Balaban J connectivity index is 1.52. The van der Waals surface area contributed by atoms with Gasteiger partial charge in [0.25, 0.3) is 0 Å². The van der Waals surface area contributed by atoms with Crippen LogP contribution in [-0.2, 0) is 14.3 Å². The van der Waals surface area contributed by atoms with E-state index in [-0.39, 0.29) is 5.91 Å². The summed E-state index contributed by atoms with van der Waals surface area (Å²) in [6, 6.07) is 9.97. The summed E-state index contributed by atoms with van der Waals surface area (Å²) in [5, 5.41) is 0. The van der Waals surface area contributed by atoms with Gasteiger partial charge in [-0.05, 0) is 12.1 Å². The maximum absolute atomic E-state index is 12.4. The molecule has 1 aromatic carbocycles. The first-order valence-corrected chi connectivity index (χ1v) is 7.50. The van der Waals surface area contributed by atoms with Crippen molar-refractivity contribution in [1.29, 1.82) is 0 Å². The average Bonchev–Trinajstić information content (AvgIpc) is 2.97. The summed E-state index contributed by atoms with van der Waals surface area (Å²) < 4.78 is 11.4. The molecule has 0 N–H and O–H groups in total. The number of likely N-dealkylation sites (N-methyl/N-ethyl adjacent to an activating group) is 1. The summed E-state index contributed by atoms with van der Waals surface area (Å²) in [7, 11) is 1.95. The Morgan fingerprint density at radius 2 is 1.81 bits per heavy atom. The zero-order chi connectivity index (χ0) is 14.7. The van der Waals surface area contributed by atoms with Gasteiger partial charge >= 0.3 is 0 Å². The zero-order valence-electron chi connectivity index (χ0n) is 12.5. The van der Waals surface area contributed by atoms with Crippen LogP contribution >= 0.6 is 0 Å². The van der Waals surface area contributed by atoms with Crippen molar-refractivity contribution >= 4 is 11.6 Å². The monoisotopic (exact) mass is 290 g/mol.